The van der Waals surface area contributed by atoms with E-state index >= 15 is 0 Å². The average molecular weight is 326 g/mol. The van der Waals surface area contributed by atoms with E-state index in [-0.39, 0.29) is 6.04 Å². The van der Waals surface area contributed by atoms with Crippen LogP contribution in [-0.4, -0.2) is 6.10 Å². The molecular weight excluding hydrogens is 302 g/mol. The van der Waals surface area contributed by atoms with E-state index in [4.69, 9.17) is 10.5 Å². The predicted molar refractivity (Wildman–Crippen MR) is 83.4 cm³/mol. The SMILES string of the molecule is C[C@H](N)c1ccc(OC2CCC(C)(C)CC2)c(Br)c1. The van der Waals surface area contributed by atoms with E-state index < -0.39 is 0 Å². The van der Waals surface area contributed by atoms with E-state index in [0.717, 1.165) is 28.6 Å². The summed E-state index contributed by atoms with van der Waals surface area (Å²) in [5.41, 5.74) is 7.50. The van der Waals surface area contributed by atoms with Crippen LogP contribution in [0.2, 0.25) is 0 Å². The smallest absolute Gasteiger partial charge is 0.133 e. The number of rotatable bonds is 3. The van der Waals surface area contributed by atoms with E-state index in [9.17, 15) is 0 Å². The van der Waals surface area contributed by atoms with Gasteiger partial charge in [-0.2, -0.15) is 0 Å². The lowest BCUT2D eigenvalue weighted by atomic mass is 9.76. The number of halogens is 1. The Kier molecular flexibility index (Phi) is 4.57. The first-order valence-electron chi connectivity index (χ1n) is 7.09. The molecule has 1 atom stereocenters. The molecule has 0 unspecified atom stereocenters. The van der Waals surface area contributed by atoms with Gasteiger partial charge >= 0.3 is 0 Å². The van der Waals surface area contributed by atoms with Crippen LogP contribution < -0.4 is 10.5 Å². The van der Waals surface area contributed by atoms with Gasteiger partial charge in [0.25, 0.3) is 0 Å². The van der Waals surface area contributed by atoms with Crippen LogP contribution in [0.25, 0.3) is 0 Å². The Labute approximate surface area is 124 Å². The van der Waals surface area contributed by atoms with Crippen molar-refractivity contribution in [2.24, 2.45) is 11.1 Å². The molecule has 19 heavy (non-hydrogen) atoms. The Balaban J connectivity index is 2.00. The fourth-order valence-corrected chi connectivity index (χ4v) is 3.06. The van der Waals surface area contributed by atoms with Gasteiger partial charge in [-0.1, -0.05) is 19.9 Å². The minimum Gasteiger partial charge on any atom is -0.489 e. The summed E-state index contributed by atoms with van der Waals surface area (Å²) in [6, 6.07) is 6.20. The molecule has 0 aliphatic heterocycles. The average Bonchev–Trinajstić information content (AvgIpc) is 2.34. The monoisotopic (exact) mass is 325 g/mol. The van der Waals surface area contributed by atoms with Gasteiger partial charge in [-0.15, -0.1) is 0 Å². The number of ether oxygens (including phenoxy) is 1. The van der Waals surface area contributed by atoms with Gasteiger partial charge < -0.3 is 10.5 Å². The van der Waals surface area contributed by atoms with E-state index in [2.05, 4.69) is 41.9 Å². The Morgan fingerprint density at radius 2 is 1.95 bits per heavy atom. The predicted octanol–water partition coefficient (Wildman–Crippen LogP) is 4.82. The lowest BCUT2D eigenvalue weighted by molar-refractivity contribution is 0.0981. The Morgan fingerprint density at radius 1 is 1.32 bits per heavy atom. The first-order chi connectivity index (χ1) is 8.87. The normalized spacial score (nSPS) is 21.1. The van der Waals surface area contributed by atoms with Crippen molar-refractivity contribution in [2.45, 2.75) is 58.6 Å². The summed E-state index contributed by atoms with van der Waals surface area (Å²) >= 11 is 3.58. The van der Waals surface area contributed by atoms with E-state index in [1.807, 2.05) is 13.0 Å². The van der Waals surface area contributed by atoms with Gasteiger partial charge in [0.05, 0.1) is 10.6 Å². The molecule has 0 bridgehead atoms. The van der Waals surface area contributed by atoms with Crippen LogP contribution in [0.5, 0.6) is 5.75 Å². The molecule has 3 heteroatoms. The molecule has 1 aliphatic rings. The molecule has 2 rings (SSSR count). The molecule has 106 valence electrons. The molecule has 2 N–H and O–H groups in total. The van der Waals surface area contributed by atoms with Crippen molar-refractivity contribution < 1.29 is 4.74 Å². The molecular formula is C16H24BrNO. The molecule has 1 fully saturated rings. The summed E-state index contributed by atoms with van der Waals surface area (Å²) < 4.78 is 7.13. The fourth-order valence-electron chi connectivity index (χ4n) is 2.57. The number of nitrogens with two attached hydrogens (primary N) is 1. The first kappa shape index (κ1) is 14.9. The number of hydrogen-bond acceptors (Lipinski definition) is 2. The molecule has 1 aromatic rings. The van der Waals surface area contributed by atoms with Crippen molar-refractivity contribution in [1.29, 1.82) is 0 Å². The highest BCUT2D eigenvalue weighted by atomic mass is 79.9. The molecule has 0 aromatic heterocycles. The van der Waals surface area contributed by atoms with Crippen molar-refractivity contribution in [3.63, 3.8) is 0 Å². The lowest BCUT2D eigenvalue weighted by Crippen LogP contribution is -2.28. The van der Waals surface area contributed by atoms with Crippen LogP contribution in [0.4, 0.5) is 0 Å². The maximum atomic E-state index is 6.13. The van der Waals surface area contributed by atoms with E-state index in [0.29, 0.717) is 11.5 Å². The summed E-state index contributed by atoms with van der Waals surface area (Å²) in [4.78, 5) is 0. The van der Waals surface area contributed by atoms with Crippen molar-refractivity contribution in [3.8, 4) is 5.75 Å². The quantitative estimate of drug-likeness (QED) is 0.864. The summed E-state index contributed by atoms with van der Waals surface area (Å²) in [7, 11) is 0. The molecule has 0 heterocycles. The Morgan fingerprint density at radius 3 is 2.47 bits per heavy atom. The lowest BCUT2D eigenvalue weighted by Gasteiger charge is -2.34. The topological polar surface area (TPSA) is 35.2 Å². The van der Waals surface area contributed by atoms with Crippen LogP contribution in [0.15, 0.2) is 22.7 Å². The van der Waals surface area contributed by atoms with Crippen molar-refractivity contribution >= 4 is 15.9 Å². The van der Waals surface area contributed by atoms with Crippen LogP contribution in [0, 0.1) is 5.41 Å². The molecule has 1 aromatic carbocycles. The highest BCUT2D eigenvalue weighted by Gasteiger charge is 2.28. The van der Waals surface area contributed by atoms with Crippen molar-refractivity contribution in [1.82, 2.24) is 0 Å². The second-order valence-electron chi connectivity index (χ2n) is 6.46. The maximum Gasteiger partial charge on any atom is 0.133 e. The van der Waals surface area contributed by atoms with Crippen LogP contribution >= 0.6 is 15.9 Å². The third-order valence-electron chi connectivity index (χ3n) is 4.06. The van der Waals surface area contributed by atoms with Gasteiger partial charge in [0.15, 0.2) is 0 Å². The zero-order valence-electron chi connectivity index (χ0n) is 12.1. The van der Waals surface area contributed by atoms with Gasteiger partial charge in [0, 0.05) is 6.04 Å². The minimum atomic E-state index is 0.0563. The van der Waals surface area contributed by atoms with Crippen LogP contribution in [0.3, 0.4) is 0 Å². The molecule has 0 saturated heterocycles. The highest BCUT2D eigenvalue weighted by molar-refractivity contribution is 9.10. The molecule has 1 aliphatic carbocycles. The molecule has 0 spiro atoms. The zero-order chi connectivity index (χ0) is 14.0. The minimum absolute atomic E-state index is 0.0563. The summed E-state index contributed by atoms with van der Waals surface area (Å²) in [6.45, 7) is 6.68. The summed E-state index contributed by atoms with van der Waals surface area (Å²) in [6.07, 6.45) is 5.13. The molecule has 2 nitrogen and oxygen atoms in total. The van der Waals surface area contributed by atoms with Gasteiger partial charge in [0.2, 0.25) is 0 Å². The largest absolute Gasteiger partial charge is 0.489 e. The third kappa shape index (κ3) is 3.96. The van der Waals surface area contributed by atoms with Crippen molar-refractivity contribution in [2.75, 3.05) is 0 Å². The number of hydrogen-bond donors (Lipinski definition) is 1. The van der Waals surface area contributed by atoms with Gasteiger partial charge in [0.1, 0.15) is 5.75 Å². The highest BCUT2D eigenvalue weighted by Crippen LogP contribution is 2.38. The molecule has 0 radical (unpaired) electrons. The molecule has 0 amide bonds. The van der Waals surface area contributed by atoms with E-state index in [1.165, 1.54) is 12.8 Å². The maximum absolute atomic E-state index is 6.13. The van der Waals surface area contributed by atoms with Crippen molar-refractivity contribution in [3.05, 3.63) is 28.2 Å². The van der Waals surface area contributed by atoms with Gasteiger partial charge in [-0.25, -0.2) is 0 Å². The fraction of sp³-hybridized carbons (Fsp3) is 0.625. The molecule has 1 saturated carbocycles. The van der Waals surface area contributed by atoms with Crippen LogP contribution in [-0.2, 0) is 0 Å². The van der Waals surface area contributed by atoms with Crippen LogP contribution in [0.1, 0.15) is 58.1 Å². The van der Waals surface area contributed by atoms with Gasteiger partial charge in [-0.05, 0) is 71.6 Å². The summed E-state index contributed by atoms with van der Waals surface area (Å²) in [5.74, 6) is 0.939. The first-order valence-corrected chi connectivity index (χ1v) is 7.88. The third-order valence-corrected chi connectivity index (χ3v) is 4.68. The van der Waals surface area contributed by atoms with Gasteiger partial charge in [-0.3, -0.25) is 0 Å². The second-order valence-corrected chi connectivity index (χ2v) is 7.31. The Bertz CT molecular complexity index is 432. The summed E-state index contributed by atoms with van der Waals surface area (Å²) in [5, 5.41) is 0. The zero-order valence-corrected chi connectivity index (χ0v) is 13.7. The second kappa shape index (κ2) is 5.84. The number of benzene rings is 1. The van der Waals surface area contributed by atoms with E-state index in [1.54, 1.807) is 0 Å². The standard InChI is InChI=1S/C16H24BrNO/c1-11(18)12-4-5-15(14(17)10-12)19-13-6-8-16(2,3)9-7-13/h4-5,10-11,13H,6-9,18H2,1-3H3/t11-/m0/s1. The Hall–Kier alpha value is -0.540.